The molecule has 2 rings (SSSR count). The van der Waals surface area contributed by atoms with Crippen molar-refractivity contribution < 1.29 is 9.53 Å². The first kappa shape index (κ1) is 15.8. The zero-order valence-electron chi connectivity index (χ0n) is 12.8. The van der Waals surface area contributed by atoms with Gasteiger partial charge in [-0.25, -0.2) is 0 Å². The van der Waals surface area contributed by atoms with Crippen molar-refractivity contribution in [1.29, 1.82) is 0 Å². The fraction of sp³-hybridized carbons (Fsp3) is 0.588. The van der Waals surface area contributed by atoms with Crippen molar-refractivity contribution in [2.45, 2.75) is 57.5 Å². The fourth-order valence-electron chi connectivity index (χ4n) is 2.71. The Morgan fingerprint density at radius 3 is 2.43 bits per heavy atom. The average Bonchev–Trinajstić information content (AvgIpc) is 2.74. The Morgan fingerprint density at radius 1 is 1.24 bits per heavy atom. The molecule has 21 heavy (non-hydrogen) atoms. The molecule has 1 aliphatic carbocycles. The Hall–Kier alpha value is -1.55. The predicted molar refractivity (Wildman–Crippen MR) is 84.2 cm³/mol. The number of nitrogens with one attached hydrogen (secondary N) is 1. The summed E-state index contributed by atoms with van der Waals surface area (Å²) in [6, 6.07) is 7.92. The zero-order chi connectivity index (χ0) is 15.1. The summed E-state index contributed by atoms with van der Waals surface area (Å²) in [5, 5.41) is 3.07. The molecule has 1 aromatic rings. The second-order valence-corrected chi connectivity index (χ2v) is 5.90. The molecule has 0 heterocycles. The Bertz CT molecular complexity index is 435. The van der Waals surface area contributed by atoms with E-state index in [2.05, 4.69) is 5.32 Å². The topological polar surface area (TPSA) is 64.3 Å². The van der Waals surface area contributed by atoms with Crippen LogP contribution in [0.1, 0.15) is 57.1 Å². The largest absolute Gasteiger partial charge is 0.484 e. The molecule has 0 radical (unpaired) electrons. The third-order valence-corrected chi connectivity index (χ3v) is 4.00. The van der Waals surface area contributed by atoms with Crippen molar-refractivity contribution in [2.75, 3.05) is 6.61 Å². The highest BCUT2D eigenvalue weighted by atomic mass is 16.5. The minimum atomic E-state index is -0.0295. The van der Waals surface area contributed by atoms with Gasteiger partial charge in [0.05, 0.1) is 0 Å². The van der Waals surface area contributed by atoms with Crippen LogP contribution in [0.5, 0.6) is 5.75 Å². The van der Waals surface area contributed by atoms with Crippen molar-refractivity contribution in [3.05, 3.63) is 29.8 Å². The van der Waals surface area contributed by atoms with E-state index >= 15 is 0 Å². The number of hydrogen-bond acceptors (Lipinski definition) is 3. The Morgan fingerprint density at radius 2 is 1.86 bits per heavy atom. The monoisotopic (exact) mass is 290 g/mol. The smallest absolute Gasteiger partial charge is 0.258 e. The van der Waals surface area contributed by atoms with Gasteiger partial charge in [-0.3, -0.25) is 4.79 Å². The van der Waals surface area contributed by atoms with Crippen LogP contribution in [0.4, 0.5) is 0 Å². The molecule has 116 valence electrons. The van der Waals surface area contributed by atoms with Crippen LogP contribution in [-0.2, 0) is 4.79 Å². The third kappa shape index (κ3) is 5.38. The molecular formula is C17H26N2O2. The van der Waals surface area contributed by atoms with Gasteiger partial charge in [0.2, 0.25) is 0 Å². The van der Waals surface area contributed by atoms with Crippen LogP contribution in [0.25, 0.3) is 0 Å². The van der Waals surface area contributed by atoms with Gasteiger partial charge in [-0.1, -0.05) is 37.8 Å². The third-order valence-electron chi connectivity index (χ3n) is 4.00. The number of carbonyl (C=O) groups is 1. The second kappa shape index (κ2) is 8.03. The average molecular weight is 290 g/mol. The highest BCUT2D eigenvalue weighted by Crippen LogP contribution is 2.18. The standard InChI is InChI=1S/C17H26N2O2/c1-13(18)14-8-10-16(11-9-14)21-12-17(20)19-15-6-4-2-3-5-7-15/h8-11,13,15H,2-7,12,18H2,1H3,(H,19,20). The molecule has 1 aliphatic rings. The minimum absolute atomic E-state index is 0.0117. The van der Waals surface area contributed by atoms with E-state index < -0.39 is 0 Å². The van der Waals surface area contributed by atoms with Crippen molar-refractivity contribution >= 4 is 5.91 Å². The first-order valence-corrected chi connectivity index (χ1v) is 7.93. The van der Waals surface area contributed by atoms with Crippen molar-refractivity contribution in [2.24, 2.45) is 5.73 Å². The van der Waals surface area contributed by atoms with Gasteiger partial charge < -0.3 is 15.8 Å². The molecule has 1 amide bonds. The van der Waals surface area contributed by atoms with E-state index in [-0.39, 0.29) is 18.6 Å². The Labute approximate surface area is 127 Å². The number of benzene rings is 1. The number of rotatable bonds is 5. The fourth-order valence-corrected chi connectivity index (χ4v) is 2.71. The molecule has 1 unspecified atom stereocenters. The van der Waals surface area contributed by atoms with E-state index in [4.69, 9.17) is 10.5 Å². The molecule has 3 N–H and O–H groups in total. The lowest BCUT2D eigenvalue weighted by Crippen LogP contribution is -2.37. The summed E-state index contributed by atoms with van der Waals surface area (Å²) in [6.45, 7) is 2.02. The second-order valence-electron chi connectivity index (χ2n) is 5.90. The molecule has 0 saturated heterocycles. The van der Waals surface area contributed by atoms with Gasteiger partial charge in [0.15, 0.2) is 6.61 Å². The minimum Gasteiger partial charge on any atom is -0.484 e. The van der Waals surface area contributed by atoms with Crippen molar-refractivity contribution in [1.82, 2.24) is 5.32 Å². The molecule has 0 aromatic heterocycles. The summed E-state index contributed by atoms with van der Waals surface area (Å²) in [6.07, 6.45) is 7.18. The van der Waals surface area contributed by atoms with Gasteiger partial charge in [0.1, 0.15) is 5.75 Å². The van der Waals surface area contributed by atoms with Crippen LogP contribution >= 0.6 is 0 Å². The molecule has 1 saturated carbocycles. The van der Waals surface area contributed by atoms with Gasteiger partial charge in [-0.15, -0.1) is 0 Å². The predicted octanol–water partition coefficient (Wildman–Crippen LogP) is 2.92. The lowest BCUT2D eigenvalue weighted by atomic mass is 10.1. The maximum atomic E-state index is 11.9. The van der Waals surface area contributed by atoms with E-state index in [1.807, 2.05) is 31.2 Å². The SMILES string of the molecule is CC(N)c1ccc(OCC(=O)NC2CCCCCC2)cc1. The Balaban J connectivity index is 1.75. The quantitative estimate of drug-likeness (QED) is 0.820. The van der Waals surface area contributed by atoms with Crippen molar-refractivity contribution in [3.8, 4) is 5.75 Å². The van der Waals surface area contributed by atoms with E-state index in [1.54, 1.807) is 0 Å². The van der Waals surface area contributed by atoms with Crippen LogP contribution in [-0.4, -0.2) is 18.6 Å². The van der Waals surface area contributed by atoms with Gasteiger partial charge in [0.25, 0.3) is 5.91 Å². The zero-order valence-corrected chi connectivity index (χ0v) is 12.8. The van der Waals surface area contributed by atoms with E-state index in [0.29, 0.717) is 11.8 Å². The summed E-state index contributed by atoms with van der Waals surface area (Å²) in [7, 11) is 0. The highest BCUT2D eigenvalue weighted by molar-refractivity contribution is 5.77. The summed E-state index contributed by atoms with van der Waals surface area (Å²) < 4.78 is 5.52. The Kier molecular flexibility index (Phi) is 6.05. The summed E-state index contributed by atoms with van der Waals surface area (Å²) in [5.74, 6) is 0.675. The molecule has 0 aliphatic heterocycles. The maximum Gasteiger partial charge on any atom is 0.258 e. The van der Waals surface area contributed by atoms with Gasteiger partial charge in [-0.2, -0.15) is 0 Å². The molecular weight excluding hydrogens is 264 g/mol. The number of carbonyl (C=O) groups excluding carboxylic acids is 1. The van der Waals surface area contributed by atoms with E-state index in [9.17, 15) is 4.79 Å². The van der Waals surface area contributed by atoms with Gasteiger partial charge in [-0.05, 0) is 37.5 Å². The summed E-state index contributed by atoms with van der Waals surface area (Å²) in [4.78, 5) is 11.9. The van der Waals surface area contributed by atoms with Gasteiger partial charge >= 0.3 is 0 Å². The molecule has 0 spiro atoms. The first-order valence-electron chi connectivity index (χ1n) is 7.93. The molecule has 0 bridgehead atoms. The van der Waals surface area contributed by atoms with Crippen molar-refractivity contribution in [3.63, 3.8) is 0 Å². The van der Waals surface area contributed by atoms with Crippen LogP contribution in [0.3, 0.4) is 0 Å². The van der Waals surface area contributed by atoms with Crippen LogP contribution < -0.4 is 15.8 Å². The lowest BCUT2D eigenvalue weighted by Gasteiger charge is -2.16. The number of hydrogen-bond donors (Lipinski definition) is 2. The van der Waals surface area contributed by atoms with E-state index in [1.165, 1.54) is 25.7 Å². The molecule has 4 nitrogen and oxygen atoms in total. The first-order chi connectivity index (χ1) is 10.1. The number of nitrogens with two attached hydrogens (primary N) is 1. The summed E-state index contributed by atoms with van der Waals surface area (Å²) in [5.41, 5.74) is 6.86. The molecule has 1 fully saturated rings. The molecule has 1 atom stereocenters. The normalized spacial score (nSPS) is 17.8. The summed E-state index contributed by atoms with van der Waals surface area (Å²) >= 11 is 0. The van der Waals surface area contributed by atoms with Crippen LogP contribution in [0, 0.1) is 0 Å². The van der Waals surface area contributed by atoms with E-state index in [0.717, 1.165) is 18.4 Å². The van der Waals surface area contributed by atoms with Crippen LogP contribution in [0.2, 0.25) is 0 Å². The lowest BCUT2D eigenvalue weighted by molar-refractivity contribution is -0.123. The van der Waals surface area contributed by atoms with Gasteiger partial charge in [0, 0.05) is 12.1 Å². The van der Waals surface area contributed by atoms with Crippen LogP contribution in [0.15, 0.2) is 24.3 Å². The number of ether oxygens (including phenoxy) is 1. The molecule has 4 heteroatoms. The molecule has 1 aromatic carbocycles. The maximum absolute atomic E-state index is 11.9. The highest BCUT2D eigenvalue weighted by Gasteiger charge is 2.14. The number of amides is 1.